The Morgan fingerprint density at radius 2 is 2.00 bits per heavy atom. The van der Waals surface area contributed by atoms with Crippen LogP contribution in [0.2, 0.25) is 0 Å². The Hall–Kier alpha value is -2.41. The van der Waals surface area contributed by atoms with Crippen LogP contribution in [0.3, 0.4) is 0 Å². The number of ether oxygens (including phenoxy) is 1. The van der Waals surface area contributed by atoms with Gasteiger partial charge in [0.15, 0.2) is 5.69 Å². The van der Waals surface area contributed by atoms with Crippen LogP contribution in [-0.4, -0.2) is 28.7 Å². The molecule has 2 aromatic rings. The molecule has 7 heteroatoms. The summed E-state index contributed by atoms with van der Waals surface area (Å²) in [5, 5.41) is 9.74. The monoisotopic (exact) mass is 405 g/mol. The molecule has 2 rings (SSSR count). The van der Waals surface area contributed by atoms with Gasteiger partial charge in [0.2, 0.25) is 0 Å². The largest absolute Gasteiger partial charge is 0.463 e. The predicted octanol–water partition coefficient (Wildman–Crippen LogP) is 4.12. The Balaban J connectivity index is 2.03. The van der Waals surface area contributed by atoms with Gasteiger partial charge in [-0.2, -0.15) is 5.10 Å². The van der Waals surface area contributed by atoms with E-state index in [-0.39, 0.29) is 17.8 Å². The number of amides is 1. The summed E-state index contributed by atoms with van der Waals surface area (Å²) < 4.78 is 5.50. The van der Waals surface area contributed by atoms with Crippen molar-refractivity contribution in [2.45, 2.75) is 26.7 Å². The first kappa shape index (κ1) is 18.9. The number of nitrogens with one attached hydrogen (secondary N) is 2. The summed E-state index contributed by atoms with van der Waals surface area (Å²) in [6.07, 6.45) is 3.02. The lowest BCUT2D eigenvalue weighted by molar-refractivity contribution is -0.137. The summed E-state index contributed by atoms with van der Waals surface area (Å²) in [6.45, 7) is 6.13. The summed E-state index contributed by atoms with van der Waals surface area (Å²) in [7, 11) is 0. The van der Waals surface area contributed by atoms with Crippen LogP contribution in [0.15, 0.2) is 34.8 Å². The maximum Gasteiger partial charge on any atom is 0.330 e. The first-order valence-corrected chi connectivity index (χ1v) is 8.71. The third-order valence-corrected chi connectivity index (χ3v) is 4.19. The second-order valence-electron chi connectivity index (χ2n) is 5.62. The van der Waals surface area contributed by atoms with E-state index in [9.17, 15) is 9.59 Å². The van der Waals surface area contributed by atoms with Gasteiger partial charge in [0.25, 0.3) is 5.91 Å². The van der Waals surface area contributed by atoms with Crippen LogP contribution in [0.4, 0.5) is 5.69 Å². The van der Waals surface area contributed by atoms with Crippen LogP contribution in [0, 0.1) is 0 Å². The highest BCUT2D eigenvalue weighted by molar-refractivity contribution is 9.10. The maximum absolute atomic E-state index is 12.3. The molecule has 0 fully saturated rings. The van der Waals surface area contributed by atoms with Gasteiger partial charge in [-0.05, 0) is 52.5 Å². The second-order valence-corrected chi connectivity index (χ2v) is 6.41. The molecule has 0 saturated heterocycles. The Morgan fingerprint density at radius 3 is 2.56 bits per heavy atom. The molecular weight excluding hydrogens is 386 g/mol. The molecule has 0 unspecified atom stereocenters. The minimum absolute atomic E-state index is 0.230. The first-order valence-electron chi connectivity index (χ1n) is 7.92. The number of benzene rings is 1. The molecular formula is C18H20BrN3O3. The molecule has 0 radical (unpaired) electrons. The van der Waals surface area contributed by atoms with E-state index < -0.39 is 0 Å². The fourth-order valence-corrected chi connectivity index (χ4v) is 2.91. The van der Waals surface area contributed by atoms with Crippen molar-refractivity contribution in [3.05, 3.63) is 51.8 Å². The van der Waals surface area contributed by atoms with Gasteiger partial charge in [0.1, 0.15) is 0 Å². The van der Waals surface area contributed by atoms with Crippen LogP contribution >= 0.6 is 15.9 Å². The second kappa shape index (κ2) is 8.62. The summed E-state index contributed by atoms with van der Waals surface area (Å²) in [5.74, 6) is -0.456. The third-order valence-electron chi connectivity index (χ3n) is 3.39. The van der Waals surface area contributed by atoms with Crippen molar-refractivity contribution < 1.29 is 14.3 Å². The number of nitrogens with zero attached hydrogens (tertiary/aromatic N) is 1. The van der Waals surface area contributed by atoms with Gasteiger partial charge < -0.3 is 10.1 Å². The summed E-state index contributed by atoms with van der Waals surface area (Å²) in [6, 6.07) is 7.11. The number of carbonyl (C=O) groups excluding carboxylic acids is 2. The van der Waals surface area contributed by atoms with E-state index in [2.05, 4.69) is 31.4 Å². The quantitative estimate of drug-likeness (QED) is 0.558. The number of aromatic amines is 1. The van der Waals surface area contributed by atoms with E-state index in [1.807, 2.05) is 13.8 Å². The molecule has 132 valence electrons. The zero-order valence-corrected chi connectivity index (χ0v) is 15.9. The fourth-order valence-electron chi connectivity index (χ4n) is 2.10. The highest BCUT2D eigenvalue weighted by atomic mass is 79.9. The lowest BCUT2D eigenvalue weighted by atomic mass is 10.1. The van der Waals surface area contributed by atoms with E-state index in [1.165, 1.54) is 6.08 Å². The number of aromatic nitrogens is 2. The number of hydrogen-bond donors (Lipinski definition) is 2. The standard InChI is InChI=1S/C18H20BrN3O3/c1-4-25-14(23)10-7-12-5-8-13(9-6-12)20-18(24)17-15(19)16(11(2)3)21-22-17/h5-11H,4H2,1-3H3,(H,20,24)(H,21,22)/b10-7+. The average molecular weight is 406 g/mol. The number of H-pyrrole nitrogens is 1. The number of rotatable bonds is 6. The number of carbonyl (C=O) groups is 2. The Bertz CT molecular complexity index is 779. The summed E-state index contributed by atoms with van der Waals surface area (Å²) in [5.41, 5.74) is 2.66. The SMILES string of the molecule is CCOC(=O)/C=C/c1ccc(NC(=O)c2n[nH]c(C(C)C)c2Br)cc1. The van der Waals surface area contributed by atoms with E-state index in [0.29, 0.717) is 22.5 Å². The van der Waals surface area contributed by atoms with E-state index in [4.69, 9.17) is 4.74 Å². The molecule has 0 aliphatic heterocycles. The maximum atomic E-state index is 12.3. The average Bonchev–Trinajstić information content (AvgIpc) is 2.96. The van der Waals surface area contributed by atoms with Gasteiger partial charge in [-0.25, -0.2) is 4.79 Å². The molecule has 0 spiro atoms. The smallest absolute Gasteiger partial charge is 0.330 e. The first-order chi connectivity index (χ1) is 11.9. The number of halogens is 1. The Morgan fingerprint density at radius 1 is 1.32 bits per heavy atom. The fraction of sp³-hybridized carbons (Fsp3) is 0.278. The highest BCUT2D eigenvalue weighted by Crippen LogP contribution is 2.26. The Kier molecular flexibility index (Phi) is 6.52. The van der Waals surface area contributed by atoms with Crippen LogP contribution in [0.5, 0.6) is 0 Å². The van der Waals surface area contributed by atoms with Crippen molar-refractivity contribution >= 4 is 39.6 Å². The summed E-state index contributed by atoms with van der Waals surface area (Å²) in [4.78, 5) is 23.6. The van der Waals surface area contributed by atoms with E-state index in [1.54, 1.807) is 37.3 Å². The van der Waals surface area contributed by atoms with Crippen molar-refractivity contribution in [3.63, 3.8) is 0 Å². The van der Waals surface area contributed by atoms with Gasteiger partial charge in [-0.15, -0.1) is 0 Å². The normalized spacial score (nSPS) is 11.1. The van der Waals surface area contributed by atoms with Gasteiger partial charge in [-0.3, -0.25) is 9.89 Å². The van der Waals surface area contributed by atoms with Gasteiger partial charge in [0.05, 0.1) is 16.8 Å². The topological polar surface area (TPSA) is 84.1 Å². The molecule has 25 heavy (non-hydrogen) atoms. The molecule has 0 bridgehead atoms. The molecule has 1 aromatic carbocycles. The lowest BCUT2D eigenvalue weighted by Crippen LogP contribution is -2.13. The molecule has 1 heterocycles. The van der Waals surface area contributed by atoms with Crippen molar-refractivity contribution in [1.29, 1.82) is 0 Å². The molecule has 1 amide bonds. The van der Waals surface area contributed by atoms with Crippen LogP contribution in [-0.2, 0) is 9.53 Å². The number of hydrogen-bond acceptors (Lipinski definition) is 4. The molecule has 0 saturated carbocycles. The third kappa shape index (κ3) is 5.03. The zero-order valence-electron chi connectivity index (χ0n) is 14.3. The summed E-state index contributed by atoms with van der Waals surface area (Å²) >= 11 is 3.42. The van der Waals surface area contributed by atoms with Crippen molar-refractivity contribution in [2.24, 2.45) is 0 Å². The molecule has 1 aromatic heterocycles. The van der Waals surface area contributed by atoms with Crippen molar-refractivity contribution in [3.8, 4) is 0 Å². The van der Waals surface area contributed by atoms with Gasteiger partial charge in [-0.1, -0.05) is 26.0 Å². The van der Waals surface area contributed by atoms with Crippen molar-refractivity contribution in [1.82, 2.24) is 10.2 Å². The highest BCUT2D eigenvalue weighted by Gasteiger charge is 2.19. The van der Waals surface area contributed by atoms with Gasteiger partial charge >= 0.3 is 5.97 Å². The molecule has 0 aliphatic rings. The van der Waals surface area contributed by atoms with E-state index in [0.717, 1.165) is 11.3 Å². The Labute approximate surface area is 154 Å². The minimum atomic E-state index is -0.385. The van der Waals surface area contributed by atoms with Crippen LogP contribution in [0.1, 0.15) is 48.4 Å². The molecule has 0 atom stereocenters. The molecule has 0 aliphatic carbocycles. The molecule has 6 nitrogen and oxygen atoms in total. The van der Waals surface area contributed by atoms with Crippen LogP contribution < -0.4 is 5.32 Å². The molecule has 2 N–H and O–H groups in total. The predicted molar refractivity (Wildman–Crippen MR) is 100 cm³/mol. The minimum Gasteiger partial charge on any atom is -0.463 e. The lowest BCUT2D eigenvalue weighted by Gasteiger charge is -2.05. The number of anilines is 1. The van der Waals surface area contributed by atoms with Gasteiger partial charge in [0, 0.05) is 11.8 Å². The number of esters is 1. The van der Waals surface area contributed by atoms with E-state index >= 15 is 0 Å². The van der Waals surface area contributed by atoms with Crippen molar-refractivity contribution in [2.75, 3.05) is 11.9 Å². The van der Waals surface area contributed by atoms with Crippen LogP contribution in [0.25, 0.3) is 6.08 Å². The zero-order chi connectivity index (χ0) is 18.4.